The zero-order valence-electron chi connectivity index (χ0n) is 15.8. The largest absolute Gasteiger partial charge is 0.342 e. The highest BCUT2D eigenvalue weighted by molar-refractivity contribution is 6.04. The van der Waals surface area contributed by atoms with Crippen LogP contribution in [0.25, 0.3) is 11.0 Å². The van der Waals surface area contributed by atoms with Crippen LogP contribution in [0.3, 0.4) is 0 Å². The molecule has 1 amide bonds. The Hall–Kier alpha value is -2.76. The topological polar surface area (TPSA) is 49.0 Å². The second kappa shape index (κ2) is 7.70. The number of carbonyl (C=O) groups excluding carboxylic acids is 1. The van der Waals surface area contributed by atoms with Crippen LogP contribution in [0.1, 0.15) is 41.0 Å². The highest BCUT2D eigenvalue weighted by Crippen LogP contribution is 2.25. The normalized spacial score (nSPS) is 17.2. The van der Waals surface area contributed by atoms with Crippen LogP contribution < -0.4 is 0 Å². The molecule has 0 bridgehead atoms. The molecule has 1 aliphatic heterocycles. The van der Waals surface area contributed by atoms with Gasteiger partial charge in [-0.05, 0) is 68.4 Å². The van der Waals surface area contributed by atoms with Crippen molar-refractivity contribution in [1.29, 1.82) is 0 Å². The van der Waals surface area contributed by atoms with Crippen molar-refractivity contribution in [2.75, 3.05) is 13.1 Å². The van der Waals surface area contributed by atoms with Crippen LogP contribution in [0.2, 0.25) is 0 Å². The van der Waals surface area contributed by atoms with Crippen molar-refractivity contribution < 1.29 is 13.6 Å². The Morgan fingerprint density at radius 3 is 2.93 bits per heavy atom. The zero-order valence-corrected chi connectivity index (χ0v) is 15.8. The van der Waals surface area contributed by atoms with Crippen LogP contribution in [-0.4, -0.2) is 33.9 Å². The van der Waals surface area contributed by atoms with E-state index in [0.29, 0.717) is 30.0 Å². The number of amides is 1. The number of piperidine rings is 1. The number of H-pyrrole nitrogens is 1. The summed E-state index contributed by atoms with van der Waals surface area (Å²) in [6, 6.07) is 9.70. The zero-order chi connectivity index (χ0) is 19.7. The Kier molecular flexibility index (Phi) is 5.11. The molecule has 4 rings (SSSR count). The van der Waals surface area contributed by atoms with Gasteiger partial charge in [0, 0.05) is 13.1 Å². The van der Waals surface area contributed by atoms with E-state index in [0.717, 1.165) is 42.7 Å². The van der Waals surface area contributed by atoms with Gasteiger partial charge in [0.2, 0.25) is 0 Å². The van der Waals surface area contributed by atoms with Crippen molar-refractivity contribution in [2.45, 2.75) is 32.6 Å². The maximum Gasteiger partial charge on any atom is 0.256 e. The first-order chi connectivity index (χ1) is 13.5. The Morgan fingerprint density at radius 1 is 1.25 bits per heavy atom. The molecule has 0 saturated carbocycles. The number of carbonyl (C=O) groups is 1. The number of fused-ring (bicyclic) bond motifs is 1. The Morgan fingerprint density at radius 2 is 2.11 bits per heavy atom. The summed E-state index contributed by atoms with van der Waals surface area (Å²) in [6.07, 6.45) is 3.52. The van der Waals surface area contributed by atoms with E-state index < -0.39 is 11.6 Å². The molecule has 0 radical (unpaired) electrons. The van der Waals surface area contributed by atoms with E-state index in [1.165, 1.54) is 12.1 Å². The van der Waals surface area contributed by atoms with Crippen LogP contribution >= 0.6 is 0 Å². The van der Waals surface area contributed by atoms with Gasteiger partial charge < -0.3 is 9.88 Å². The average molecular weight is 383 g/mol. The summed E-state index contributed by atoms with van der Waals surface area (Å²) in [5.74, 6) is -0.472. The molecule has 3 aromatic rings. The maximum absolute atomic E-state index is 13.4. The van der Waals surface area contributed by atoms with Crippen molar-refractivity contribution in [3.63, 3.8) is 0 Å². The van der Waals surface area contributed by atoms with E-state index in [-0.39, 0.29) is 5.91 Å². The molecular formula is C22H23F2N3O. The Bertz CT molecular complexity index is 1010. The van der Waals surface area contributed by atoms with Gasteiger partial charge in [0.1, 0.15) is 11.3 Å². The van der Waals surface area contributed by atoms with Crippen LogP contribution in [0.15, 0.2) is 36.4 Å². The fraction of sp³-hybridized carbons (Fsp3) is 0.364. The lowest BCUT2D eigenvalue weighted by atomic mass is 9.91. The number of para-hydroxylation sites is 1. The number of hydrogen-bond donors (Lipinski definition) is 1. The smallest absolute Gasteiger partial charge is 0.256 e. The van der Waals surface area contributed by atoms with Gasteiger partial charge in [-0.2, -0.15) is 0 Å². The molecule has 4 nitrogen and oxygen atoms in total. The molecule has 1 aliphatic rings. The minimum atomic E-state index is -0.819. The lowest BCUT2D eigenvalue weighted by molar-refractivity contribution is 0.0670. The van der Waals surface area contributed by atoms with Crippen LogP contribution in [0.4, 0.5) is 8.78 Å². The van der Waals surface area contributed by atoms with Gasteiger partial charge >= 0.3 is 0 Å². The molecule has 6 heteroatoms. The third kappa shape index (κ3) is 3.77. The molecule has 1 atom stereocenters. The molecule has 0 unspecified atom stereocenters. The van der Waals surface area contributed by atoms with Crippen molar-refractivity contribution in [3.05, 3.63) is 65.0 Å². The summed E-state index contributed by atoms with van der Waals surface area (Å²) in [5.41, 5.74) is 3.01. The fourth-order valence-corrected chi connectivity index (χ4v) is 4.05. The van der Waals surface area contributed by atoms with Crippen LogP contribution in [0, 0.1) is 24.5 Å². The summed E-state index contributed by atoms with van der Waals surface area (Å²) in [5, 5.41) is 0. The summed E-state index contributed by atoms with van der Waals surface area (Å²) in [7, 11) is 0. The molecule has 2 heterocycles. The van der Waals surface area contributed by atoms with Gasteiger partial charge in [-0.3, -0.25) is 4.79 Å². The van der Waals surface area contributed by atoms with Gasteiger partial charge in [0.15, 0.2) is 11.6 Å². The van der Waals surface area contributed by atoms with Gasteiger partial charge in [-0.1, -0.05) is 12.1 Å². The van der Waals surface area contributed by atoms with Gasteiger partial charge in [-0.25, -0.2) is 13.8 Å². The van der Waals surface area contributed by atoms with Crippen LogP contribution in [-0.2, 0) is 6.42 Å². The number of imidazole rings is 1. The summed E-state index contributed by atoms with van der Waals surface area (Å²) in [4.78, 5) is 22.7. The first kappa shape index (κ1) is 18.6. The van der Waals surface area contributed by atoms with E-state index in [2.05, 4.69) is 9.97 Å². The number of aryl methyl sites for hydroxylation is 2. The molecular weight excluding hydrogens is 360 g/mol. The average Bonchev–Trinajstić information content (AvgIpc) is 3.08. The van der Waals surface area contributed by atoms with Gasteiger partial charge in [0.25, 0.3) is 5.91 Å². The number of likely N-dealkylation sites (tertiary alicyclic amines) is 1. The number of rotatable bonds is 4. The molecule has 1 N–H and O–H groups in total. The Balaban J connectivity index is 1.44. The highest BCUT2D eigenvalue weighted by atomic mass is 19.2. The molecule has 1 saturated heterocycles. The third-order valence-corrected chi connectivity index (χ3v) is 5.49. The van der Waals surface area contributed by atoms with Gasteiger partial charge in [-0.15, -0.1) is 0 Å². The van der Waals surface area contributed by atoms with Crippen molar-refractivity contribution in [3.8, 4) is 0 Å². The number of aromatic nitrogens is 2. The van der Waals surface area contributed by atoms with E-state index in [1.54, 1.807) is 6.07 Å². The number of benzene rings is 2. The highest BCUT2D eigenvalue weighted by Gasteiger charge is 2.26. The Labute approximate surface area is 162 Å². The summed E-state index contributed by atoms with van der Waals surface area (Å²) in [6.45, 7) is 3.30. The predicted molar refractivity (Wildman–Crippen MR) is 104 cm³/mol. The molecule has 1 aromatic heterocycles. The SMILES string of the molecule is Cc1nc2c(C(=O)N3CCC[C@@H](CCc4ccc(F)c(F)c4)C3)cccc2[nH]1. The number of hydrogen-bond acceptors (Lipinski definition) is 2. The van der Waals surface area contributed by atoms with E-state index in [9.17, 15) is 13.6 Å². The van der Waals surface area contributed by atoms with Crippen molar-refractivity contribution in [1.82, 2.24) is 14.9 Å². The number of nitrogens with one attached hydrogen (secondary N) is 1. The minimum absolute atomic E-state index is 0.00891. The van der Waals surface area contributed by atoms with E-state index in [4.69, 9.17) is 0 Å². The first-order valence-corrected chi connectivity index (χ1v) is 9.70. The number of halogens is 2. The predicted octanol–water partition coefficient (Wildman–Crippen LogP) is 4.63. The second-order valence-corrected chi connectivity index (χ2v) is 7.57. The summed E-state index contributed by atoms with van der Waals surface area (Å²) >= 11 is 0. The standard InChI is InChI=1S/C22H23F2N3O/c1-14-25-20-6-2-5-17(21(20)26-14)22(28)27-11-3-4-16(13-27)8-7-15-9-10-18(23)19(24)12-15/h2,5-6,9-10,12,16H,3-4,7-8,11,13H2,1H3,(H,25,26)/t16-/m0/s1. The van der Waals surface area contributed by atoms with E-state index in [1.807, 2.05) is 30.0 Å². The van der Waals surface area contributed by atoms with Crippen molar-refractivity contribution in [2.24, 2.45) is 5.92 Å². The fourth-order valence-electron chi connectivity index (χ4n) is 4.05. The molecule has 2 aromatic carbocycles. The lowest BCUT2D eigenvalue weighted by Crippen LogP contribution is -2.40. The summed E-state index contributed by atoms with van der Waals surface area (Å²) < 4.78 is 26.5. The quantitative estimate of drug-likeness (QED) is 0.714. The number of aromatic amines is 1. The monoisotopic (exact) mass is 383 g/mol. The second-order valence-electron chi connectivity index (χ2n) is 7.57. The minimum Gasteiger partial charge on any atom is -0.342 e. The van der Waals surface area contributed by atoms with Crippen LogP contribution in [0.5, 0.6) is 0 Å². The molecule has 1 fully saturated rings. The molecule has 28 heavy (non-hydrogen) atoms. The molecule has 146 valence electrons. The van der Waals surface area contributed by atoms with Crippen molar-refractivity contribution >= 4 is 16.9 Å². The van der Waals surface area contributed by atoms with Gasteiger partial charge in [0.05, 0.1) is 11.1 Å². The van der Waals surface area contributed by atoms with E-state index >= 15 is 0 Å². The lowest BCUT2D eigenvalue weighted by Gasteiger charge is -2.33. The molecule has 0 spiro atoms. The first-order valence-electron chi connectivity index (χ1n) is 9.70. The number of nitrogens with zero attached hydrogens (tertiary/aromatic N) is 2. The maximum atomic E-state index is 13.4. The molecule has 0 aliphatic carbocycles. The third-order valence-electron chi connectivity index (χ3n) is 5.49.